The highest BCUT2D eigenvalue weighted by molar-refractivity contribution is 7.22. The van der Waals surface area contributed by atoms with Crippen LogP contribution in [-0.4, -0.2) is 26.3 Å². The van der Waals surface area contributed by atoms with E-state index in [1.165, 1.54) is 0 Å². The first-order chi connectivity index (χ1) is 9.20. The standard InChI is InChI=1S/C12H12ClN5S/c1-18-7-15-11(17-18)4-5-14-12-16-9-6-8(13)2-3-10(9)19-12/h2-3,6-7H,4-5H2,1H3,(H,14,16). The van der Waals surface area contributed by atoms with E-state index >= 15 is 0 Å². The third-order valence-corrected chi connectivity index (χ3v) is 3.85. The summed E-state index contributed by atoms with van der Waals surface area (Å²) >= 11 is 7.56. The summed E-state index contributed by atoms with van der Waals surface area (Å²) in [6.45, 7) is 0.761. The van der Waals surface area contributed by atoms with Crippen molar-refractivity contribution in [2.45, 2.75) is 6.42 Å². The lowest BCUT2D eigenvalue weighted by Gasteiger charge is -1.98. The number of benzene rings is 1. The second kappa shape index (κ2) is 5.14. The van der Waals surface area contributed by atoms with Gasteiger partial charge in [0, 0.05) is 25.0 Å². The van der Waals surface area contributed by atoms with Crippen LogP contribution >= 0.6 is 22.9 Å². The van der Waals surface area contributed by atoms with Crippen LogP contribution in [0.5, 0.6) is 0 Å². The monoisotopic (exact) mass is 293 g/mol. The fourth-order valence-corrected chi connectivity index (χ4v) is 2.79. The van der Waals surface area contributed by atoms with Gasteiger partial charge in [0.2, 0.25) is 0 Å². The van der Waals surface area contributed by atoms with Crippen LogP contribution in [0.3, 0.4) is 0 Å². The third kappa shape index (κ3) is 2.85. The summed E-state index contributed by atoms with van der Waals surface area (Å²) in [4.78, 5) is 8.67. The Kier molecular flexibility index (Phi) is 3.35. The average molecular weight is 294 g/mol. The van der Waals surface area contributed by atoms with E-state index in [0.29, 0.717) is 5.02 Å². The number of halogens is 1. The van der Waals surface area contributed by atoms with E-state index in [4.69, 9.17) is 11.6 Å². The predicted octanol–water partition coefficient (Wildman–Crippen LogP) is 2.73. The molecule has 0 unspecified atom stereocenters. The van der Waals surface area contributed by atoms with E-state index in [2.05, 4.69) is 20.4 Å². The van der Waals surface area contributed by atoms with Gasteiger partial charge < -0.3 is 5.32 Å². The first kappa shape index (κ1) is 12.4. The van der Waals surface area contributed by atoms with Gasteiger partial charge in [-0.05, 0) is 18.2 Å². The number of fused-ring (bicyclic) bond motifs is 1. The maximum atomic E-state index is 5.94. The maximum absolute atomic E-state index is 5.94. The molecule has 0 saturated carbocycles. The molecule has 7 heteroatoms. The molecular weight excluding hydrogens is 282 g/mol. The molecular formula is C12H12ClN5S. The van der Waals surface area contributed by atoms with E-state index < -0.39 is 0 Å². The normalized spacial score (nSPS) is 11.1. The average Bonchev–Trinajstić information content (AvgIpc) is 2.95. The van der Waals surface area contributed by atoms with Crippen LogP contribution in [0, 0.1) is 0 Å². The van der Waals surface area contributed by atoms with Crippen LogP contribution in [0.15, 0.2) is 24.5 Å². The molecule has 0 radical (unpaired) electrons. The van der Waals surface area contributed by atoms with Gasteiger partial charge in [0.15, 0.2) is 11.0 Å². The molecule has 3 rings (SSSR count). The second-order valence-electron chi connectivity index (χ2n) is 4.14. The van der Waals surface area contributed by atoms with Crippen LogP contribution in [0.2, 0.25) is 5.02 Å². The molecule has 2 aromatic heterocycles. The number of rotatable bonds is 4. The van der Waals surface area contributed by atoms with Gasteiger partial charge in [-0.25, -0.2) is 9.97 Å². The Morgan fingerprint density at radius 2 is 2.32 bits per heavy atom. The highest BCUT2D eigenvalue weighted by atomic mass is 35.5. The zero-order valence-electron chi connectivity index (χ0n) is 10.3. The Labute approximate surface area is 119 Å². The van der Waals surface area contributed by atoms with Crippen molar-refractivity contribution in [3.8, 4) is 0 Å². The number of nitrogens with zero attached hydrogens (tertiary/aromatic N) is 4. The smallest absolute Gasteiger partial charge is 0.183 e. The van der Waals surface area contributed by atoms with Crippen molar-refractivity contribution in [1.29, 1.82) is 0 Å². The maximum Gasteiger partial charge on any atom is 0.183 e. The van der Waals surface area contributed by atoms with Crippen LogP contribution in [0.1, 0.15) is 5.82 Å². The fourth-order valence-electron chi connectivity index (χ4n) is 1.76. The first-order valence-corrected chi connectivity index (χ1v) is 7.04. The summed E-state index contributed by atoms with van der Waals surface area (Å²) in [6, 6.07) is 5.74. The highest BCUT2D eigenvalue weighted by Crippen LogP contribution is 2.27. The summed E-state index contributed by atoms with van der Waals surface area (Å²) in [5, 5.41) is 9.12. The molecule has 0 fully saturated rings. The zero-order valence-corrected chi connectivity index (χ0v) is 11.9. The Hall–Kier alpha value is -1.66. The third-order valence-electron chi connectivity index (χ3n) is 2.62. The van der Waals surface area contributed by atoms with E-state index in [1.54, 1.807) is 22.3 Å². The minimum Gasteiger partial charge on any atom is -0.361 e. The Morgan fingerprint density at radius 3 is 3.11 bits per heavy atom. The summed E-state index contributed by atoms with van der Waals surface area (Å²) < 4.78 is 2.83. The lowest BCUT2D eigenvalue weighted by molar-refractivity contribution is 0.742. The van der Waals surface area contributed by atoms with Crippen molar-refractivity contribution in [3.05, 3.63) is 35.4 Å². The van der Waals surface area contributed by atoms with E-state index in [9.17, 15) is 0 Å². The minimum absolute atomic E-state index is 0.710. The molecule has 0 saturated heterocycles. The predicted molar refractivity (Wildman–Crippen MR) is 77.8 cm³/mol. The number of aryl methyl sites for hydroxylation is 1. The number of aromatic nitrogens is 4. The quantitative estimate of drug-likeness (QED) is 0.803. The first-order valence-electron chi connectivity index (χ1n) is 5.85. The number of anilines is 1. The van der Waals surface area contributed by atoms with Gasteiger partial charge in [0.25, 0.3) is 0 Å². The van der Waals surface area contributed by atoms with Crippen molar-refractivity contribution < 1.29 is 0 Å². The fraction of sp³-hybridized carbons (Fsp3) is 0.250. The van der Waals surface area contributed by atoms with Crippen molar-refractivity contribution in [3.63, 3.8) is 0 Å². The molecule has 0 amide bonds. The Morgan fingerprint density at radius 1 is 1.42 bits per heavy atom. The molecule has 2 heterocycles. The van der Waals surface area contributed by atoms with Crippen LogP contribution in [0.4, 0.5) is 5.13 Å². The molecule has 98 valence electrons. The number of thiazole rings is 1. The molecule has 0 bridgehead atoms. The van der Waals surface area contributed by atoms with Gasteiger partial charge in [-0.15, -0.1) is 0 Å². The van der Waals surface area contributed by atoms with Gasteiger partial charge in [0.1, 0.15) is 6.33 Å². The van der Waals surface area contributed by atoms with Gasteiger partial charge >= 0.3 is 0 Å². The molecule has 0 atom stereocenters. The summed E-state index contributed by atoms with van der Waals surface area (Å²) in [5.41, 5.74) is 0.927. The second-order valence-corrected chi connectivity index (χ2v) is 5.61. The molecule has 0 spiro atoms. The molecule has 0 aliphatic heterocycles. The Bertz CT molecular complexity index is 705. The minimum atomic E-state index is 0.710. The lowest BCUT2D eigenvalue weighted by atomic mass is 10.3. The number of hydrogen-bond donors (Lipinski definition) is 1. The molecule has 5 nitrogen and oxygen atoms in total. The number of nitrogens with one attached hydrogen (secondary N) is 1. The van der Waals surface area contributed by atoms with Crippen molar-refractivity contribution in [2.75, 3.05) is 11.9 Å². The molecule has 19 heavy (non-hydrogen) atoms. The van der Waals surface area contributed by atoms with E-state index in [1.807, 2.05) is 25.2 Å². The van der Waals surface area contributed by atoms with Gasteiger partial charge in [-0.1, -0.05) is 22.9 Å². The van der Waals surface area contributed by atoms with Crippen molar-refractivity contribution in [1.82, 2.24) is 19.7 Å². The van der Waals surface area contributed by atoms with E-state index in [0.717, 1.165) is 34.1 Å². The van der Waals surface area contributed by atoms with Crippen LogP contribution < -0.4 is 5.32 Å². The Balaban J connectivity index is 1.65. The van der Waals surface area contributed by atoms with Crippen LogP contribution in [0.25, 0.3) is 10.2 Å². The molecule has 0 aliphatic rings. The molecule has 1 N–H and O–H groups in total. The largest absolute Gasteiger partial charge is 0.361 e. The van der Waals surface area contributed by atoms with Crippen molar-refractivity contribution >= 4 is 38.3 Å². The molecule has 3 aromatic rings. The summed E-state index contributed by atoms with van der Waals surface area (Å²) in [7, 11) is 1.86. The number of hydrogen-bond acceptors (Lipinski definition) is 5. The zero-order chi connectivity index (χ0) is 13.2. The summed E-state index contributed by atoms with van der Waals surface area (Å²) in [5.74, 6) is 0.833. The van der Waals surface area contributed by atoms with Crippen molar-refractivity contribution in [2.24, 2.45) is 7.05 Å². The molecule has 0 aliphatic carbocycles. The van der Waals surface area contributed by atoms with Gasteiger partial charge in [-0.2, -0.15) is 5.10 Å². The van der Waals surface area contributed by atoms with Gasteiger partial charge in [-0.3, -0.25) is 4.68 Å². The highest BCUT2D eigenvalue weighted by Gasteiger charge is 2.04. The molecule has 1 aromatic carbocycles. The summed E-state index contributed by atoms with van der Waals surface area (Å²) in [6.07, 6.45) is 2.48. The van der Waals surface area contributed by atoms with Crippen LogP contribution in [-0.2, 0) is 13.5 Å². The SMILES string of the molecule is Cn1cnc(CCNc2nc3cc(Cl)ccc3s2)n1. The van der Waals surface area contributed by atoms with Gasteiger partial charge in [0.05, 0.1) is 10.2 Å². The topological polar surface area (TPSA) is 55.6 Å². The van der Waals surface area contributed by atoms with E-state index in [-0.39, 0.29) is 0 Å². The lowest BCUT2D eigenvalue weighted by Crippen LogP contribution is -2.06.